The summed E-state index contributed by atoms with van der Waals surface area (Å²) < 4.78 is -0.355. The van der Waals surface area contributed by atoms with Crippen molar-refractivity contribution in [2.45, 2.75) is 23.3 Å². The molecule has 3 aliphatic heterocycles. The van der Waals surface area contributed by atoms with Gasteiger partial charge in [0.2, 0.25) is 0 Å². The third kappa shape index (κ3) is 2.21. The van der Waals surface area contributed by atoms with Crippen LogP contribution in [-0.2, 0) is 8.87 Å². The molecule has 1 amide bonds. The van der Waals surface area contributed by atoms with Crippen LogP contribution in [0.3, 0.4) is 0 Å². The van der Waals surface area contributed by atoms with Crippen LogP contribution in [0.25, 0.3) is 0 Å². The van der Waals surface area contributed by atoms with E-state index in [1.54, 1.807) is 0 Å². The van der Waals surface area contributed by atoms with Crippen LogP contribution < -0.4 is 4.90 Å². The van der Waals surface area contributed by atoms with E-state index < -0.39 is 0 Å². The number of anilines is 1. The average molecular weight is 320 g/mol. The monoisotopic (exact) mass is 320 g/mol. The number of para-hydroxylation sites is 1. The second-order valence-corrected chi connectivity index (χ2v) is 8.76. The largest absolute Gasteiger partial charge is 0.296 e. The van der Waals surface area contributed by atoms with Crippen molar-refractivity contribution in [2.75, 3.05) is 36.2 Å². The molecule has 0 aromatic heterocycles. The van der Waals surface area contributed by atoms with Crippen molar-refractivity contribution in [1.29, 1.82) is 0 Å². The molecule has 5 heteroatoms. The van der Waals surface area contributed by atoms with Gasteiger partial charge in [0.1, 0.15) is 0 Å². The molecular weight excluding hydrogens is 300 g/mol. The minimum atomic E-state index is -0.355. The van der Waals surface area contributed by atoms with E-state index in [-0.39, 0.29) is 4.08 Å². The third-order valence-corrected chi connectivity index (χ3v) is 7.94. The normalized spacial score (nSPS) is 24.8. The van der Waals surface area contributed by atoms with Crippen molar-refractivity contribution >= 4 is 35.1 Å². The number of hydrogen-bond donors (Lipinski definition) is 0. The molecule has 2 saturated heterocycles. The van der Waals surface area contributed by atoms with Gasteiger partial charge in [-0.1, -0.05) is 24.6 Å². The van der Waals surface area contributed by atoms with Crippen LogP contribution in [0.1, 0.15) is 24.8 Å². The number of fused-ring (bicyclic) bond motifs is 2. The Balaban J connectivity index is 1.66. The summed E-state index contributed by atoms with van der Waals surface area (Å²) in [4.78, 5) is 17.6. The molecular formula is C16H20N2OS2. The highest BCUT2D eigenvalue weighted by molar-refractivity contribution is 8.21. The molecule has 0 bridgehead atoms. The van der Waals surface area contributed by atoms with E-state index in [9.17, 15) is 4.79 Å². The number of nitrogens with zero attached hydrogens (tertiary/aromatic N) is 2. The number of benzene rings is 1. The summed E-state index contributed by atoms with van der Waals surface area (Å²) in [5.41, 5.74) is 2.36. The lowest BCUT2D eigenvalue weighted by molar-refractivity contribution is -0.118. The first-order chi connectivity index (χ1) is 10.3. The molecule has 0 unspecified atom stereocenters. The molecule has 21 heavy (non-hydrogen) atoms. The van der Waals surface area contributed by atoms with Gasteiger partial charge in [-0.05, 0) is 32.0 Å². The standard InChI is InChI=1S/C16H20N2OS2/c19-15-16(20-10-11-21-16)13-6-2-3-7-14(13)18(15)12-17-8-4-1-5-9-17/h2-3,6-7H,1,4-5,8-12H2. The van der Waals surface area contributed by atoms with E-state index in [0.717, 1.165) is 37.0 Å². The first-order valence-corrected chi connectivity index (χ1v) is 9.70. The molecule has 3 heterocycles. The number of piperidine rings is 1. The highest BCUT2D eigenvalue weighted by atomic mass is 32.2. The molecule has 0 atom stereocenters. The van der Waals surface area contributed by atoms with Gasteiger partial charge in [-0.3, -0.25) is 14.6 Å². The van der Waals surface area contributed by atoms with Gasteiger partial charge < -0.3 is 0 Å². The van der Waals surface area contributed by atoms with Gasteiger partial charge in [-0.15, -0.1) is 23.5 Å². The summed E-state index contributed by atoms with van der Waals surface area (Å²) in [6.07, 6.45) is 3.85. The zero-order valence-electron chi connectivity index (χ0n) is 12.1. The van der Waals surface area contributed by atoms with E-state index in [2.05, 4.69) is 29.2 Å². The van der Waals surface area contributed by atoms with Crippen molar-refractivity contribution in [3.8, 4) is 0 Å². The van der Waals surface area contributed by atoms with Gasteiger partial charge >= 0.3 is 0 Å². The fraction of sp³-hybridized carbons (Fsp3) is 0.562. The van der Waals surface area contributed by atoms with E-state index >= 15 is 0 Å². The van der Waals surface area contributed by atoms with E-state index in [1.165, 1.54) is 24.8 Å². The molecule has 0 N–H and O–H groups in total. The Morgan fingerprint density at radius 1 is 1.05 bits per heavy atom. The first-order valence-electron chi connectivity index (χ1n) is 7.73. The Kier molecular flexibility index (Phi) is 3.67. The Hall–Kier alpha value is -0.650. The van der Waals surface area contributed by atoms with Gasteiger partial charge in [-0.2, -0.15) is 0 Å². The summed E-state index contributed by atoms with van der Waals surface area (Å²) in [5.74, 6) is 2.44. The summed E-state index contributed by atoms with van der Waals surface area (Å²) in [5, 5.41) is 0. The van der Waals surface area contributed by atoms with Gasteiger partial charge in [-0.25, -0.2) is 0 Å². The quantitative estimate of drug-likeness (QED) is 0.835. The van der Waals surface area contributed by atoms with Crippen LogP contribution in [0, 0.1) is 0 Å². The van der Waals surface area contributed by atoms with Gasteiger partial charge in [0.15, 0.2) is 4.08 Å². The molecule has 3 aliphatic rings. The predicted molar refractivity (Wildman–Crippen MR) is 90.8 cm³/mol. The van der Waals surface area contributed by atoms with Crippen molar-refractivity contribution < 1.29 is 4.79 Å². The van der Waals surface area contributed by atoms with Crippen LogP contribution in [0.15, 0.2) is 24.3 Å². The molecule has 0 radical (unpaired) electrons. The maximum absolute atomic E-state index is 13.1. The van der Waals surface area contributed by atoms with Crippen LogP contribution >= 0.6 is 23.5 Å². The maximum Gasteiger partial charge on any atom is 0.259 e. The lowest BCUT2D eigenvalue weighted by Gasteiger charge is -2.31. The molecule has 0 saturated carbocycles. The SMILES string of the molecule is O=C1N(CN2CCCCC2)c2ccccc2C12SCCS2. The third-order valence-electron chi connectivity index (χ3n) is 4.56. The van der Waals surface area contributed by atoms with Crippen molar-refractivity contribution in [2.24, 2.45) is 0 Å². The Morgan fingerprint density at radius 3 is 2.52 bits per heavy atom. The lowest BCUT2D eigenvalue weighted by atomic mass is 10.1. The van der Waals surface area contributed by atoms with Crippen LogP contribution in [0.2, 0.25) is 0 Å². The van der Waals surface area contributed by atoms with E-state index in [4.69, 9.17) is 0 Å². The number of carbonyl (C=O) groups is 1. The number of thioether (sulfide) groups is 2. The average Bonchev–Trinajstić information content (AvgIpc) is 3.11. The van der Waals surface area contributed by atoms with E-state index in [0.29, 0.717) is 5.91 Å². The number of likely N-dealkylation sites (tertiary alicyclic amines) is 1. The summed E-state index contributed by atoms with van der Waals surface area (Å²) in [7, 11) is 0. The summed E-state index contributed by atoms with van der Waals surface area (Å²) in [6, 6.07) is 8.39. The zero-order valence-corrected chi connectivity index (χ0v) is 13.7. The molecule has 2 fully saturated rings. The number of carbonyl (C=O) groups excluding carboxylic acids is 1. The Morgan fingerprint density at radius 2 is 1.76 bits per heavy atom. The number of rotatable bonds is 2. The topological polar surface area (TPSA) is 23.6 Å². The van der Waals surface area contributed by atoms with Crippen molar-refractivity contribution in [1.82, 2.24) is 4.90 Å². The smallest absolute Gasteiger partial charge is 0.259 e. The highest BCUT2D eigenvalue weighted by Crippen LogP contribution is 2.59. The van der Waals surface area contributed by atoms with Gasteiger partial charge in [0.05, 0.1) is 12.4 Å². The second kappa shape index (κ2) is 5.52. The molecule has 112 valence electrons. The molecule has 3 nitrogen and oxygen atoms in total. The first kappa shape index (κ1) is 14.0. The summed E-state index contributed by atoms with van der Waals surface area (Å²) >= 11 is 3.64. The van der Waals surface area contributed by atoms with Gasteiger partial charge in [0.25, 0.3) is 5.91 Å². The second-order valence-electron chi connectivity index (χ2n) is 5.88. The lowest BCUT2D eigenvalue weighted by Crippen LogP contribution is -2.44. The highest BCUT2D eigenvalue weighted by Gasteiger charge is 2.54. The van der Waals surface area contributed by atoms with Crippen LogP contribution in [0.5, 0.6) is 0 Å². The van der Waals surface area contributed by atoms with Crippen molar-refractivity contribution in [3.05, 3.63) is 29.8 Å². The molecule has 0 aliphatic carbocycles. The molecule has 4 rings (SSSR count). The Bertz CT molecular complexity index is 551. The van der Waals surface area contributed by atoms with Crippen LogP contribution in [0.4, 0.5) is 5.69 Å². The van der Waals surface area contributed by atoms with Crippen molar-refractivity contribution in [3.63, 3.8) is 0 Å². The fourth-order valence-corrected chi connectivity index (χ4v) is 6.72. The minimum Gasteiger partial charge on any atom is -0.296 e. The molecule has 1 aromatic rings. The number of hydrogen-bond acceptors (Lipinski definition) is 4. The van der Waals surface area contributed by atoms with Crippen LogP contribution in [-0.4, -0.2) is 42.1 Å². The Labute approximate surface area is 134 Å². The predicted octanol–water partition coefficient (Wildman–Crippen LogP) is 3.11. The zero-order chi connectivity index (χ0) is 14.3. The molecule has 1 aromatic carbocycles. The minimum absolute atomic E-state index is 0.293. The van der Waals surface area contributed by atoms with E-state index in [1.807, 2.05) is 28.4 Å². The maximum atomic E-state index is 13.1. The van der Waals surface area contributed by atoms with Gasteiger partial charge in [0, 0.05) is 17.1 Å². The molecule has 1 spiro atoms. The summed E-state index contributed by atoms with van der Waals surface area (Å²) in [6.45, 7) is 3.01. The fourth-order valence-electron chi connectivity index (χ4n) is 3.52. The number of amides is 1.